The Hall–Kier alpha value is -4.74. The fourth-order valence-corrected chi connectivity index (χ4v) is 3.67. The Bertz CT molecular complexity index is 1410. The normalized spacial score (nSPS) is 13.4. The number of para-hydroxylation sites is 1. The van der Waals surface area contributed by atoms with Crippen molar-refractivity contribution in [2.45, 2.75) is 37.9 Å². The second-order valence-electron chi connectivity index (χ2n) is 8.16. The number of rotatable bonds is 10. The summed E-state index contributed by atoms with van der Waals surface area (Å²) < 4.78 is 0.794. The zero-order chi connectivity index (χ0) is 26.4. The quantitative estimate of drug-likeness (QED) is 0.248. The summed E-state index contributed by atoms with van der Waals surface area (Å²) in [5, 5.41) is 14.0. The number of nitrogens with one attached hydrogen (secondary N) is 3. The fraction of sp³-hybridized carbons (Fsp3) is 0.250. The highest BCUT2D eigenvalue weighted by Crippen LogP contribution is 2.14. The van der Waals surface area contributed by atoms with E-state index < -0.39 is 59.5 Å². The van der Waals surface area contributed by atoms with Crippen molar-refractivity contribution in [3.63, 3.8) is 0 Å². The van der Waals surface area contributed by atoms with Gasteiger partial charge in [-0.1, -0.05) is 42.5 Å². The number of hydrogen-bond donors (Lipinski definition) is 5. The van der Waals surface area contributed by atoms with Gasteiger partial charge in [-0.3, -0.25) is 19.2 Å². The molecule has 2 aromatic carbocycles. The minimum atomic E-state index is -1.58. The van der Waals surface area contributed by atoms with E-state index in [9.17, 15) is 33.9 Å². The summed E-state index contributed by atoms with van der Waals surface area (Å²) in [7, 11) is 0. The van der Waals surface area contributed by atoms with Gasteiger partial charge in [0.25, 0.3) is 5.56 Å². The molecule has 3 rings (SSSR count). The number of primary amides is 1. The predicted octanol–water partition coefficient (Wildman–Crippen LogP) is -0.577. The van der Waals surface area contributed by atoms with Crippen LogP contribution in [0.25, 0.3) is 10.9 Å². The lowest BCUT2D eigenvalue weighted by Gasteiger charge is -2.22. The van der Waals surface area contributed by atoms with E-state index in [4.69, 9.17) is 5.73 Å². The number of aromatic amines is 1. The number of carbonyl (C=O) groups is 4. The molecule has 0 spiro atoms. The van der Waals surface area contributed by atoms with Gasteiger partial charge in [0.15, 0.2) is 0 Å². The van der Waals surface area contributed by atoms with Gasteiger partial charge in [-0.05, 0) is 24.6 Å². The van der Waals surface area contributed by atoms with Gasteiger partial charge in [-0.2, -0.15) is 0 Å². The van der Waals surface area contributed by atoms with Crippen LogP contribution >= 0.6 is 0 Å². The third-order valence-electron chi connectivity index (χ3n) is 5.49. The second-order valence-corrected chi connectivity index (χ2v) is 8.16. The van der Waals surface area contributed by atoms with Crippen molar-refractivity contribution in [3.8, 4) is 0 Å². The number of amides is 3. The minimum absolute atomic E-state index is 0.0399. The summed E-state index contributed by atoms with van der Waals surface area (Å²) in [6.07, 6.45) is -0.679. The molecule has 0 aliphatic heterocycles. The van der Waals surface area contributed by atoms with E-state index in [2.05, 4.69) is 15.6 Å². The molecule has 0 fully saturated rings. The molecule has 12 heteroatoms. The molecule has 0 radical (unpaired) electrons. The monoisotopic (exact) mass is 495 g/mol. The van der Waals surface area contributed by atoms with Crippen molar-refractivity contribution < 1.29 is 24.3 Å². The molecule has 3 amide bonds. The smallest absolute Gasteiger partial charge is 0.329 e. The average molecular weight is 495 g/mol. The molecule has 0 saturated heterocycles. The van der Waals surface area contributed by atoms with Crippen molar-refractivity contribution >= 4 is 34.6 Å². The summed E-state index contributed by atoms with van der Waals surface area (Å²) in [6, 6.07) is 10.9. The van der Waals surface area contributed by atoms with E-state index in [0.29, 0.717) is 11.1 Å². The number of carbonyl (C=O) groups excluding carboxylic acids is 3. The fourth-order valence-electron chi connectivity index (χ4n) is 3.67. The van der Waals surface area contributed by atoms with Crippen LogP contribution in [0.3, 0.4) is 0 Å². The van der Waals surface area contributed by atoms with Crippen molar-refractivity contribution in [3.05, 3.63) is 81.0 Å². The molecule has 6 N–H and O–H groups in total. The van der Waals surface area contributed by atoms with Crippen LogP contribution in [0, 0.1) is 0 Å². The number of nitrogens with two attached hydrogens (primary N) is 1. The number of aromatic nitrogens is 2. The lowest BCUT2D eigenvalue weighted by atomic mass is 10.0. The van der Waals surface area contributed by atoms with E-state index in [-0.39, 0.29) is 11.8 Å². The molecular formula is C24H25N5O7. The highest BCUT2D eigenvalue weighted by atomic mass is 16.4. The molecule has 12 nitrogen and oxygen atoms in total. The molecule has 0 aliphatic carbocycles. The minimum Gasteiger partial charge on any atom is -0.480 e. The molecule has 3 aromatic rings. The van der Waals surface area contributed by atoms with Crippen LogP contribution in [0.15, 0.2) is 64.2 Å². The number of carboxylic acids is 1. The first kappa shape index (κ1) is 25.9. The largest absolute Gasteiger partial charge is 0.480 e. The highest BCUT2D eigenvalue weighted by Gasteiger charge is 2.30. The van der Waals surface area contributed by atoms with Gasteiger partial charge in [0, 0.05) is 6.42 Å². The van der Waals surface area contributed by atoms with E-state index in [1.807, 2.05) is 0 Å². The molecule has 0 aliphatic rings. The summed E-state index contributed by atoms with van der Waals surface area (Å²) in [5.41, 5.74) is 4.49. The summed E-state index contributed by atoms with van der Waals surface area (Å²) >= 11 is 0. The van der Waals surface area contributed by atoms with Crippen molar-refractivity contribution in [2.75, 3.05) is 0 Å². The second kappa shape index (κ2) is 11.1. The Kier molecular flexibility index (Phi) is 8.00. The van der Waals surface area contributed by atoms with E-state index in [1.54, 1.807) is 48.5 Å². The number of benzene rings is 2. The van der Waals surface area contributed by atoms with Crippen molar-refractivity contribution in [1.29, 1.82) is 0 Å². The van der Waals surface area contributed by atoms with E-state index in [1.165, 1.54) is 13.0 Å². The van der Waals surface area contributed by atoms with Crippen molar-refractivity contribution in [1.82, 2.24) is 20.2 Å². The predicted molar refractivity (Wildman–Crippen MR) is 129 cm³/mol. The topological polar surface area (TPSA) is 193 Å². The van der Waals surface area contributed by atoms with Crippen LogP contribution in [0.2, 0.25) is 0 Å². The molecule has 0 unspecified atom stereocenters. The third kappa shape index (κ3) is 6.03. The Morgan fingerprint density at radius 1 is 0.972 bits per heavy atom. The number of fused-ring (bicyclic) bond motifs is 1. The van der Waals surface area contributed by atoms with Crippen LogP contribution in [-0.2, 0) is 25.6 Å². The molecule has 3 atom stereocenters. The number of nitrogens with zero attached hydrogens (tertiary/aromatic N) is 1. The van der Waals surface area contributed by atoms with Crippen molar-refractivity contribution in [2.24, 2.45) is 5.73 Å². The summed E-state index contributed by atoms with van der Waals surface area (Å²) in [6.45, 7) is 1.30. The maximum Gasteiger partial charge on any atom is 0.329 e. The first-order valence-electron chi connectivity index (χ1n) is 11.0. The Labute approximate surface area is 204 Å². The van der Waals surface area contributed by atoms with Gasteiger partial charge >= 0.3 is 11.7 Å². The molecule has 0 saturated carbocycles. The third-order valence-corrected chi connectivity index (χ3v) is 5.49. The Morgan fingerprint density at radius 2 is 1.61 bits per heavy atom. The molecule has 1 aromatic heterocycles. The summed E-state index contributed by atoms with van der Waals surface area (Å²) in [5.74, 6) is -4.12. The summed E-state index contributed by atoms with van der Waals surface area (Å²) in [4.78, 5) is 76.9. The molecular weight excluding hydrogens is 470 g/mol. The lowest BCUT2D eigenvalue weighted by Crippen LogP contribution is -2.53. The van der Waals surface area contributed by atoms with Gasteiger partial charge in [-0.15, -0.1) is 0 Å². The van der Waals surface area contributed by atoms with Crippen LogP contribution in [0.4, 0.5) is 0 Å². The molecule has 36 heavy (non-hydrogen) atoms. The van der Waals surface area contributed by atoms with Gasteiger partial charge in [0.1, 0.15) is 18.1 Å². The SMILES string of the molecule is C[C@H](NC(=O)[C@H](Cc1ccccc1)n1c(=O)[nH]c2ccccc2c1=O)C(=O)N[C@@H](CC(N)=O)C(=O)O. The van der Waals surface area contributed by atoms with E-state index in [0.717, 1.165) is 4.57 Å². The number of aliphatic carboxylic acids is 1. The maximum atomic E-state index is 13.3. The van der Waals surface area contributed by atoms with Crippen LogP contribution < -0.4 is 27.6 Å². The average Bonchev–Trinajstić information content (AvgIpc) is 2.83. The number of hydrogen-bond acceptors (Lipinski definition) is 6. The lowest BCUT2D eigenvalue weighted by molar-refractivity contribution is -0.143. The number of H-pyrrole nitrogens is 1. The van der Waals surface area contributed by atoms with E-state index >= 15 is 0 Å². The zero-order valence-corrected chi connectivity index (χ0v) is 19.3. The number of carboxylic acid groups (broad SMARTS) is 1. The maximum absolute atomic E-state index is 13.3. The first-order chi connectivity index (χ1) is 17.1. The molecule has 1 heterocycles. The Morgan fingerprint density at radius 3 is 2.25 bits per heavy atom. The van der Waals surface area contributed by atoms with Gasteiger partial charge < -0.3 is 26.5 Å². The van der Waals surface area contributed by atoms with Gasteiger partial charge in [0.2, 0.25) is 17.7 Å². The van der Waals surface area contributed by atoms with Gasteiger partial charge in [0.05, 0.1) is 17.3 Å². The first-order valence-corrected chi connectivity index (χ1v) is 11.0. The van der Waals surface area contributed by atoms with Crippen LogP contribution in [0.1, 0.15) is 24.9 Å². The van der Waals surface area contributed by atoms with Crippen LogP contribution in [0.5, 0.6) is 0 Å². The standard InChI is InChI=1S/C24H25N5O7/c1-13(20(31)27-17(23(34)35)12-19(25)30)26-21(32)18(11-14-7-3-2-4-8-14)29-22(33)15-9-5-6-10-16(15)28-24(29)36/h2-10,13,17-18H,11-12H2,1H3,(H2,25,30)(H,26,32)(H,27,31)(H,28,36)(H,34,35)/t13-,17-,18-/m0/s1. The van der Waals surface area contributed by atoms with Crippen LogP contribution in [-0.4, -0.2) is 50.4 Å². The highest BCUT2D eigenvalue weighted by molar-refractivity contribution is 5.92. The van der Waals surface area contributed by atoms with Gasteiger partial charge in [-0.25, -0.2) is 14.2 Å². The Balaban J connectivity index is 1.93. The molecule has 188 valence electrons. The zero-order valence-electron chi connectivity index (χ0n) is 19.3. The molecule has 0 bridgehead atoms.